The van der Waals surface area contributed by atoms with E-state index in [9.17, 15) is 0 Å². The molecule has 0 heterocycles. The fraction of sp³-hybridized carbons (Fsp3) is 0.667. The molecule has 0 N–H and O–H groups in total. The van der Waals surface area contributed by atoms with Crippen molar-refractivity contribution >= 4 is 17.0 Å². The molecule has 0 fully saturated rings. The first-order valence-electron chi connectivity index (χ1n) is 2.79. The van der Waals surface area contributed by atoms with E-state index in [0.29, 0.717) is 0 Å². The summed E-state index contributed by atoms with van der Waals surface area (Å²) in [5.41, 5.74) is 0. The summed E-state index contributed by atoms with van der Waals surface area (Å²) >= 11 is -0.826. The van der Waals surface area contributed by atoms with E-state index in [1.54, 1.807) is 0 Å². The molecule has 0 rings (SSSR count). The van der Waals surface area contributed by atoms with Crippen LogP contribution in [-0.4, -0.2) is 0 Å². The van der Waals surface area contributed by atoms with Crippen LogP contribution in [0.15, 0.2) is 0 Å². The van der Waals surface area contributed by atoms with Crippen molar-refractivity contribution in [2.75, 3.05) is 0 Å². The summed E-state index contributed by atoms with van der Waals surface area (Å²) < 4.78 is 0. The van der Waals surface area contributed by atoms with E-state index in [0.717, 1.165) is 12.8 Å². The van der Waals surface area contributed by atoms with Gasteiger partial charge in [0.05, 0.1) is 0 Å². The van der Waals surface area contributed by atoms with Crippen molar-refractivity contribution in [1.82, 2.24) is 0 Å². The predicted octanol–water partition coefficient (Wildman–Crippen LogP) is 3.84. The van der Waals surface area contributed by atoms with E-state index in [1.165, 1.54) is 0 Å². The second-order valence-electron chi connectivity index (χ2n) is 1.07. The van der Waals surface area contributed by atoms with E-state index < -0.39 is 20.8 Å². The second-order valence-corrected chi connectivity index (χ2v) is 4.80. The number of hydrogen-bond acceptors (Lipinski definition) is 0. The van der Waals surface area contributed by atoms with Crippen molar-refractivity contribution in [3.05, 3.63) is 13.8 Å². The number of hydrogen-bond donors (Lipinski definition) is 0. The third-order valence-electron chi connectivity index (χ3n) is 0. The molecule has 0 amide bonds. The molecule has 0 aliphatic heterocycles. The van der Waals surface area contributed by atoms with Gasteiger partial charge in [-0.3, -0.25) is 0 Å². The Labute approximate surface area is 78.0 Å². The Morgan fingerprint density at radius 2 is 1.11 bits per heavy atom. The van der Waals surface area contributed by atoms with Crippen LogP contribution < -0.4 is 0 Å². The van der Waals surface area contributed by atoms with Crippen molar-refractivity contribution in [2.24, 2.45) is 0 Å². The van der Waals surface area contributed by atoms with E-state index >= 15 is 0 Å². The predicted molar refractivity (Wildman–Crippen MR) is 43.0 cm³/mol. The van der Waals surface area contributed by atoms with Gasteiger partial charge in [-0.1, -0.05) is 13.8 Å². The van der Waals surface area contributed by atoms with Gasteiger partial charge in [0.1, 0.15) is 0 Å². The summed E-state index contributed by atoms with van der Waals surface area (Å²) in [6.07, 6.45) is 2.00. The Hall–Kier alpha value is 1.46. The van der Waals surface area contributed by atoms with Gasteiger partial charge in [0.2, 0.25) is 0 Å². The van der Waals surface area contributed by atoms with Gasteiger partial charge >= 0.3 is 37.9 Å². The molecule has 0 aliphatic carbocycles. The van der Waals surface area contributed by atoms with Crippen molar-refractivity contribution in [2.45, 2.75) is 26.7 Å². The summed E-state index contributed by atoms with van der Waals surface area (Å²) in [5.74, 6) is 0. The molecule has 0 nitrogen and oxygen atoms in total. The number of rotatable bonds is 0. The standard InChI is InChI=1S/2C3H7.2ClH.Zr/c2*1-3-2;;;/h2*1,3H2,2H3;2*1H;/q2*-1;;;+4/p-2. The van der Waals surface area contributed by atoms with E-state index in [4.69, 9.17) is 17.0 Å². The normalized spacial score (nSPS) is 5.11. The van der Waals surface area contributed by atoms with Gasteiger partial charge in [-0.15, -0.1) is 0 Å². The minimum atomic E-state index is -0.826. The van der Waals surface area contributed by atoms with E-state index in [-0.39, 0.29) is 0 Å². The Morgan fingerprint density at radius 1 is 1.11 bits per heavy atom. The van der Waals surface area contributed by atoms with Crippen molar-refractivity contribution in [1.29, 1.82) is 0 Å². The first kappa shape index (κ1) is 16.8. The molecule has 9 heavy (non-hydrogen) atoms. The molecular formula is C6H14Cl2Zr. The van der Waals surface area contributed by atoms with Gasteiger partial charge in [-0.2, -0.15) is 12.8 Å². The molecule has 0 bridgehead atoms. The quantitative estimate of drug-likeness (QED) is 0.571. The van der Waals surface area contributed by atoms with Crippen LogP contribution in [0.1, 0.15) is 26.7 Å². The van der Waals surface area contributed by atoms with Crippen LogP contribution in [0, 0.1) is 13.8 Å². The van der Waals surface area contributed by atoms with Crippen LogP contribution in [0.4, 0.5) is 0 Å². The Balaban J connectivity index is -0.0000000600. The fourth-order valence-electron chi connectivity index (χ4n) is 0. The topological polar surface area (TPSA) is 0 Å². The molecule has 0 unspecified atom stereocenters. The van der Waals surface area contributed by atoms with Gasteiger partial charge in [0, 0.05) is 0 Å². The molecule has 0 aromatic rings. The second kappa shape index (κ2) is 34.0. The molecule has 56 valence electrons. The Morgan fingerprint density at radius 3 is 1.11 bits per heavy atom. The molecule has 0 atom stereocenters. The third kappa shape index (κ3) is 246. The van der Waals surface area contributed by atoms with Gasteiger partial charge in [-0.25, -0.2) is 0 Å². The first-order chi connectivity index (χ1) is 4.24. The van der Waals surface area contributed by atoms with E-state index in [1.807, 2.05) is 13.8 Å². The summed E-state index contributed by atoms with van der Waals surface area (Å²) in [6, 6.07) is 0. The van der Waals surface area contributed by atoms with Gasteiger partial charge < -0.3 is 13.8 Å². The van der Waals surface area contributed by atoms with Gasteiger partial charge in [-0.05, 0) is 0 Å². The Kier molecular flexibility index (Phi) is 63.6. The van der Waals surface area contributed by atoms with Crippen molar-refractivity contribution < 1.29 is 20.8 Å². The molecule has 0 aromatic carbocycles. The van der Waals surface area contributed by atoms with Gasteiger partial charge in [0.25, 0.3) is 0 Å². The molecule has 0 aliphatic rings. The van der Waals surface area contributed by atoms with Crippen LogP contribution in [0.25, 0.3) is 0 Å². The molecule has 0 spiro atoms. The molecule has 0 saturated heterocycles. The maximum atomic E-state index is 4.93. The van der Waals surface area contributed by atoms with Crippen molar-refractivity contribution in [3.8, 4) is 0 Å². The molecule has 0 radical (unpaired) electrons. The van der Waals surface area contributed by atoms with Crippen LogP contribution in [0.5, 0.6) is 0 Å². The first-order valence-corrected chi connectivity index (χ1v) is 9.12. The Bertz CT molecular complexity index is 15.8. The third-order valence-corrected chi connectivity index (χ3v) is 0. The SMILES string of the molecule is [CH2-]CC.[CH2-]CC.[Cl][Zr+2][Cl]. The molecule has 3 heteroatoms. The number of halogens is 2. The summed E-state index contributed by atoms with van der Waals surface area (Å²) in [5, 5.41) is 0. The van der Waals surface area contributed by atoms with Crippen LogP contribution in [0.3, 0.4) is 0 Å². The molecule has 0 saturated carbocycles. The van der Waals surface area contributed by atoms with Gasteiger partial charge in [0.15, 0.2) is 0 Å². The summed E-state index contributed by atoms with van der Waals surface area (Å²) in [4.78, 5) is 0. The van der Waals surface area contributed by atoms with E-state index in [2.05, 4.69) is 13.8 Å². The average Bonchev–Trinajstić information content (AvgIpc) is 1.70. The maximum absolute atomic E-state index is 4.93. The molecular weight excluding hydrogens is 234 g/mol. The zero-order valence-electron chi connectivity index (χ0n) is 6.08. The monoisotopic (exact) mass is 246 g/mol. The summed E-state index contributed by atoms with van der Waals surface area (Å²) in [7, 11) is 9.87. The minimum absolute atomic E-state index is 0.826. The zero-order chi connectivity index (χ0) is 8.12. The fourth-order valence-corrected chi connectivity index (χ4v) is 0. The molecule has 0 aromatic heterocycles. The van der Waals surface area contributed by atoms with Crippen LogP contribution in [0.2, 0.25) is 0 Å². The van der Waals surface area contributed by atoms with Crippen LogP contribution >= 0.6 is 17.0 Å². The summed E-state index contributed by atoms with van der Waals surface area (Å²) in [6.45, 7) is 11.0. The zero-order valence-corrected chi connectivity index (χ0v) is 10.1. The average molecular weight is 248 g/mol. The van der Waals surface area contributed by atoms with Crippen molar-refractivity contribution in [3.63, 3.8) is 0 Å². The van der Waals surface area contributed by atoms with Crippen LogP contribution in [-0.2, 0) is 20.8 Å².